The molecule has 11 rings (SSSR count). The van der Waals surface area contributed by atoms with Gasteiger partial charge in [-0.05, 0) is 96.5 Å². The summed E-state index contributed by atoms with van der Waals surface area (Å²) in [6.07, 6.45) is 10.6. The Labute approximate surface area is 412 Å². The van der Waals surface area contributed by atoms with Gasteiger partial charge < -0.3 is 15.1 Å². The topological polar surface area (TPSA) is 74.2 Å². The van der Waals surface area contributed by atoms with Crippen molar-refractivity contribution in [3.05, 3.63) is 245 Å². The Morgan fingerprint density at radius 1 is 0.324 bits per heavy atom. The normalized spacial score (nSPS) is 11.1. The summed E-state index contributed by atoms with van der Waals surface area (Å²) < 4.78 is 0. The molecule has 9 aromatic rings. The molecule has 0 atom stereocenters. The molecule has 0 spiro atoms. The molecule has 6 heteroatoms. The van der Waals surface area contributed by atoms with E-state index in [-0.39, 0.29) is 19.5 Å². The molecule has 0 unspecified atom stereocenters. The van der Waals surface area contributed by atoms with Crippen LogP contribution in [0.3, 0.4) is 0 Å². The molecule has 8 bridgehead atoms. The zero-order valence-corrected chi connectivity index (χ0v) is 40.5. The molecular weight excluding hydrogens is 918 g/mol. The van der Waals surface area contributed by atoms with Gasteiger partial charge in [-0.2, -0.15) is 0 Å². The van der Waals surface area contributed by atoms with E-state index in [9.17, 15) is 0 Å². The quantitative estimate of drug-likeness (QED) is 0.133. The van der Waals surface area contributed by atoms with Gasteiger partial charge in [0.2, 0.25) is 0 Å². The number of aliphatic hydroxyl groups is 1. The number of aryl methyl sites for hydroxylation is 4. The van der Waals surface area contributed by atoms with Gasteiger partial charge in [-0.15, -0.1) is 63.9 Å². The third-order valence-corrected chi connectivity index (χ3v) is 11.9. The first-order valence-electron chi connectivity index (χ1n) is 22.6. The van der Waals surface area contributed by atoms with Crippen LogP contribution in [0.15, 0.2) is 182 Å². The van der Waals surface area contributed by atoms with Crippen LogP contribution in [0, 0.1) is 34.1 Å². The Kier molecular flexibility index (Phi) is 14.7. The van der Waals surface area contributed by atoms with Gasteiger partial charge in [0.25, 0.3) is 0 Å². The van der Waals surface area contributed by atoms with Crippen LogP contribution in [0.25, 0.3) is 90.9 Å². The minimum Gasteiger partial charge on any atom is -0.657 e. The number of nitrogens with zero attached hydrogens (tertiary/aromatic N) is 4. The van der Waals surface area contributed by atoms with Gasteiger partial charge in [-0.3, -0.25) is 0 Å². The molecule has 0 amide bonds. The summed E-state index contributed by atoms with van der Waals surface area (Å²) in [7, 11) is 1.00. The van der Waals surface area contributed by atoms with E-state index in [0.29, 0.717) is 0 Å². The van der Waals surface area contributed by atoms with Crippen LogP contribution in [-0.2, 0) is 19.5 Å². The van der Waals surface area contributed by atoms with Gasteiger partial charge in [0, 0.05) is 7.11 Å². The maximum Gasteiger partial charge on any atom is 3.00 e. The number of fused-ring (bicyclic) bond motifs is 8. The van der Waals surface area contributed by atoms with E-state index in [1.807, 2.05) is 12.1 Å². The van der Waals surface area contributed by atoms with Crippen LogP contribution in [0.2, 0.25) is 0 Å². The average molecular weight is 969 g/mol. The Morgan fingerprint density at radius 2 is 0.559 bits per heavy atom. The van der Waals surface area contributed by atoms with Crippen LogP contribution in [0.1, 0.15) is 56.2 Å². The first-order valence-corrected chi connectivity index (χ1v) is 22.6. The van der Waals surface area contributed by atoms with E-state index in [0.717, 1.165) is 96.5 Å². The van der Waals surface area contributed by atoms with Crippen molar-refractivity contribution in [3.8, 4) is 44.5 Å². The fourth-order valence-corrected chi connectivity index (χ4v) is 8.44. The van der Waals surface area contributed by atoms with Crippen LogP contribution < -0.4 is 9.97 Å². The molecule has 6 aromatic carbocycles. The van der Waals surface area contributed by atoms with E-state index in [1.165, 1.54) is 33.4 Å². The molecule has 2 aliphatic heterocycles. The number of benzene rings is 6. The van der Waals surface area contributed by atoms with Crippen LogP contribution in [0.5, 0.6) is 0 Å². The van der Waals surface area contributed by atoms with Crippen molar-refractivity contribution in [1.82, 2.24) is 19.9 Å². The van der Waals surface area contributed by atoms with Crippen molar-refractivity contribution in [2.75, 3.05) is 7.11 Å². The first kappa shape index (κ1) is 46.9. The second-order valence-corrected chi connectivity index (χ2v) is 16.8. The summed E-state index contributed by atoms with van der Waals surface area (Å²) in [4.78, 5) is 21.5. The molecule has 0 saturated heterocycles. The molecule has 0 fully saturated rings. The minimum absolute atomic E-state index is 0. The van der Waals surface area contributed by atoms with Gasteiger partial charge in [0.15, 0.2) is 0 Å². The summed E-state index contributed by atoms with van der Waals surface area (Å²) in [6, 6.07) is 63.7. The Hall–Kier alpha value is -7.63. The predicted molar refractivity (Wildman–Crippen MR) is 281 cm³/mol. The molecule has 333 valence electrons. The molecular formula is C62H51N4ORu. The van der Waals surface area contributed by atoms with E-state index in [4.69, 9.17) is 25.0 Å². The Bertz CT molecular complexity index is 2970. The van der Waals surface area contributed by atoms with Crippen molar-refractivity contribution >= 4 is 46.4 Å². The van der Waals surface area contributed by atoms with Gasteiger partial charge in [-0.1, -0.05) is 180 Å². The largest absolute Gasteiger partial charge is 3.00 e. The van der Waals surface area contributed by atoms with E-state index in [2.05, 4.69) is 228 Å². The molecule has 1 radical (unpaired) electrons. The smallest absolute Gasteiger partial charge is 0.657 e. The maximum atomic E-state index is 7.00. The summed E-state index contributed by atoms with van der Waals surface area (Å²) >= 11 is 0. The molecule has 68 heavy (non-hydrogen) atoms. The molecule has 2 aliphatic rings. The number of hydrogen-bond acceptors (Lipinski definition) is 3. The van der Waals surface area contributed by atoms with Gasteiger partial charge >= 0.3 is 19.5 Å². The summed E-state index contributed by atoms with van der Waals surface area (Å²) in [6.45, 7) is 8.45. The third kappa shape index (κ3) is 10.3. The fraction of sp³-hybridized carbons (Fsp3) is 0.0806. The summed E-state index contributed by atoms with van der Waals surface area (Å²) in [5, 5.41) is 7.00. The molecule has 1 N–H and O–H groups in total. The number of aliphatic hydroxyl groups excluding tert-OH is 1. The van der Waals surface area contributed by atoms with Crippen molar-refractivity contribution in [2.24, 2.45) is 0 Å². The number of aromatic nitrogens is 4. The van der Waals surface area contributed by atoms with E-state index >= 15 is 0 Å². The second-order valence-electron chi connectivity index (χ2n) is 16.8. The molecule has 5 heterocycles. The third-order valence-electron chi connectivity index (χ3n) is 11.9. The SMILES string of the molecule is CO.Cc1ccc(-c2c3nc(c(-c4ccc(C)cc4)c4ccc([n-]4)c(-c4ccc(C)cc4)c4nc(c(-c5ccc(C)cc5)c5ccc2[n-]5)C=C4)C=C3)cc1.[Ru+3].c1ccc([CH-]c2ccccc2)cc1. The van der Waals surface area contributed by atoms with Crippen molar-refractivity contribution in [3.63, 3.8) is 0 Å². The zero-order valence-electron chi connectivity index (χ0n) is 38.8. The molecule has 5 nitrogen and oxygen atoms in total. The predicted octanol–water partition coefficient (Wildman–Crippen LogP) is 14.7. The summed E-state index contributed by atoms with van der Waals surface area (Å²) in [5.41, 5.74) is 22.4. The van der Waals surface area contributed by atoms with E-state index < -0.39 is 0 Å². The van der Waals surface area contributed by atoms with Gasteiger partial charge in [0.1, 0.15) is 0 Å². The molecule has 0 saturated carbocycles. The van der Waals surface area contributed by atoms with Crippen molar-refractivity contribution in [2.45, 2.75) is 27.7 Å². The van der Waals surface area contributed by atoms with E-state index in [1.54, 1.807) is 0 Å². The standard InChI is InChI=1S/C48H36N4.C13H11.CH4O.Ru/c1-29-5-13-33(14-6-29)45-37-21-23-39(49-37)46(34-15-7-30(2)8-16-34)41-25-27-43(51-41)48(36-19-11-32(4)12-20-36)44-28-26-42(52-44)47(40-24-22-38(45)50-40)35-17-9-31(3)10-18-35;1-3-7-12(8-4-1)11-13-9-5-2-6-10-13;1-2;/h5-28H,1-4H3;1-11H;2H,1H3;/q-2;-1;;+3. The molecule has 0 aliphatic carbocycles. The van der Waals surface area contributed by atoms with Crippen molar-refractivity contribution < 1.29 is 24.6 Å². The van der Waals surface area contributed by atoms with Gasteiger partial charge in [0.05, 0.1) is 22.8 Å². The second kappa shape index (κ2) is 21.3. The number of rotatable bonds is 6. The van der Waals surface area contributed by atoms with Crippen molar-refractivity contribution in [1.29, 1.82) is 0 Å². The molecule has 3 aromatic heterocycles. The zero-order chi connectivity index (χ0) is 46.3. The van der Waals surface area contributed by atoms with Crippen LogP contribution in [0.4, 0.5) is 0 Å². The van der Waals surface area contributed by atoms with Gasteiger partial charge in [-0.25, -0.2) is 9.97 Å². The Balaban J connectivity index is 0.000000335. The fourth-order valence-electron chi connectivity index (χ4n) is 8.44. The first-order chi connectivity index (χ1) is 32.8. The summed E-state index contributed by atoms with van der Waals surface area (Å²) in [5.74, 6) is 0. The minimum atomic E-state index is 0. The van der Waals surface area contributed by atoms with Crippen LogP contribution >= 0.6 is 0 Å². The monoisotopic (exact) mass is 969 g/mol. The average Bonchev–Trinajstić information content (AvgIpc) is 4.22. The maximum absolute atomic E-state index is 7.00. The Morgan fingerprint density at radius 3 is 0.794 bits per heavy atom. The van der Waals surface area contributed by atoms with Crippen LogP contribution in [-0.4, -0.2) is 22.2 Å². The number of hydrogen-bond donors (Lipinski definition) is 1.